The topological polar surface area (TPSA) is 33.2 Å². The van der Waals surface area contributed by atoms with E-state index < -0.39 is 0 Å². The second-order valence-corrected chi connectivity index (χ2v) is 6.16. The largest absolute Gasteiger partial charge is 0.337 e. The molecule has 0 N–H and O–H groups in total. The Hall–Kier alpha value is -0.900. The molecule has 1 amide bonds. The third-order valence-electron chi connectivity index (χ3n) is 2.39. The number of amides is 1. The number of nitrogens with zero attached hydrogens (tertiary/aromatic N) is 2. The van der Waals surface area contributed by atoms with Crippen LogP contribution in [0.2, 0.25) is 0 Å². The number of carbonyl (C=O) groups is 1. The van der Waals surface area contributed by atoms with E-state index >= 15 is 0 Å². The number of hydrogen-bond donors (Lipinski definition) is 0. The Morgan fingerprint density at radius 1 is 1.22 bits per heavy atom. The highest BCUT2D eigenvalue weighted by Crippen LogP contribution is 2.11. The first-order chi connectivity index (χ1) is 8.40. The Kier molecular flexibility index (Phi) is 5.79. The predicted molar refractivity (Wildman–Crippen MR) is 77.5 cm³/mol. The molecule has 0 aromatic carbocycles. The Morgan fingerprint density at radius 3 is 2.22 bits per heavy atom. The van der Waals surface area contributed by atoms with E-state index in [1.807, 2.05) is 17.0 Å². The highest BCUT2D eigenvalue weighted by molar-refractivity contribution is 9.10. The molecule has 0 atom stereocenters. The van der Waals surface area contributed by atoms with Crippen molar-refractivity contribution in [3.63, 3.8) is 0 Å². The van der Waals surface area contributed by atoms with Crippen LogP contribution in [0.25, 0.3) is 0 Å². The van der Waals surface area contributed by atoms with Crippen LogP contribution in [0, 0.1) is 11.8 Å². The van der Waals surface area contributed by atoms with E-state index in [-0.39, 0.29) is 5.91 Å². The number of aromatic nitrogens is 1. The lowest BCUT2D eigenvalue weighted by Gasteiger charge is -2.26. The minimum absolute atomic E-state index is 0.0127. The fraction of sp³-hybridized carbons (Fsp3) is 0.571. The van der Waals surface area contributed by atoms with Gasteiger partial charge in [0, 0.05) is 13.1 Å². The summed E-state index contributed by atoms with van der Waals surface area (Å²) in [5.74, 6) is 0.929. The van der Waals surface area contributed by atoms with E-state index in [1.165, 1.54) is 0 Å². The molecule has 0 bridgehead atoms. The number of hydrogen-bond acceptors (Lipinski definition) is 2. The van der Waals surface area contributed by atoms with E-state index in [4.69, 9.17) is 0 Å². The summed E-state index contributed by atoms with van der Waals surface area (Å²) in [6.45, 7) is 10.0. The Morgan fingerprint density at radius 2 is 1.78 bits per heavy atom. The molecule has 0 radical (unpaired) electrons. The first kappa shape index (κ1) is 15.2. The summed E-state index contributed by atoms with van der Waals surface area (Å²) < 4.78 is 0.697. The van der Waals surface area contributed by atoms with Gasteiger partial charge in [-0.25, -0.2) is 4.98 Å². The van der Waals surface area contributed by atoms with Crippen LogP contribution in [0.3, 0.4) is 0 Å². The molecule has 0 fully saturated rings. The van der Waals surface area contributed by atoms with Crippen LogP contribution < -0.4 is 0 Å². The van der Waals surface area contributed by atoms with Gasteiger partial charge in [0.25, 0.3) is 5.91 Å². The molecule has 1 aromatic heterocycles. The maximum Gasteiger partial charge on any atom is 0.272 e. The minimum Gasteiger partial charge on any atom is -0.337 e. The third-order valence-corrected chi connectivity index (χ3v) is 2.83. The standard InChI is InChI=1S/C14H21BrN2O/c1-10(2)8-17(9-11(3)4)14(18)12-6-5-7-13(15)16-12/h5-7,10-11H,8-9H2,1-4H3. The summed E-state index contributed by atoms with van der Waals surface area (Å²) in [6, 6.07) is 5.43. The van der Waals surface area contributed by atoms with E-state index in [2.05, 4.69) is 48.6 Å². The zero-order valence-corrected chi connectivity index (χ0v) is 13.1. The average molecular weight is 313 g/mol. The Balaban J connectivity index is 2.87. The van der Waals surface area contributed by atoms with Gasteiger partial charge in [-0.1, -0.05) is 33.8 Å². The van der Waals surface area contributed by atoms with Crippen molar-refractivity contribution in [3.8, 4) is 0 Å². The molecular formula is C14H21BrN2O. The first-order valence-electron chi connectivity index (χ1n) is 6.32. The highest BCUT2D eigenvalue weighted by Gasteiger charge is 2.19. The normalized spacial score (nSPS) is 11.1. The summed E-state index contributed by atoms with van der Waals surface area (Å²) in [5.41, 5.74) is 0.505. The lowest BCUT2D eigenvalue weighted by Crippen LogP contribution is -2.37. The maximum atomic E-state index is 12.4. The first-order valence-corrected chi connectivity index (χ1v) is 7.11. The third kappa shape index (κ3) is 4.77. The number of carbonyl (C=O) groups excluding carboxylic acids is 1. The van der Waals surface area contributed by atoms with Crippen LogP contribution >= 0.6 is 15.9 Å². The Labute approximate surface area is 118 Å². The zero-order valence-electron chi connectivity index (χ0n) is 11.5. The molecule has 0 aliphatic heterocycles. The smallest absolute Gasteiger partial charge is 0.272 e. The average Bonchev–Trinajstić information content (AvgIpc) is 2.26. The van der Waals surface area contributed by atoms with Crippen LogP contribution in [0.1, 0.15) is 38.2 Å². The minimum atomic E-state index is 0.0127. The van der Waals surface area contributed by atoms with Crippen molar-refractivity contribution in [3.05, 3.63) is 28.5 Å². The fourth-order valence-corrected chi connectivity index (χ4v) is 2.15. The summed E-state index contributed by atoms with van der Waals surface area (Å²) in [6.07, 6.45) is 0. The van der Waals surface area contributed by atoms with E-state index in [0.29, 0.717) is 22.1 Å². The predicted octanol–water partition coefficient (Wildman–Crippen LogP) is 3.60. The van der Waals surface area contributed by atoms with Crippen LogP contribution in [-0.4, -0.2) is 28.9 Å². The van der Waals surface area contributed by atoms with Gasteiger partial charge in [0.1, 0.15) is 10.3 Å². The van der Waals surface area contributed by atoms with Gasteiger partial charge in [-0.2, -0.15) is 0 Å². The second kappa shape index (κ2) is 6.88. The van der Waals surface area contributed by atoms with E-state index in [9.17, 15) is 4.79 Å². The van der Waals surface area contributed by atoms with Gasteiger partial charge < -0.3 is 4.90 Å². The summed E-state index contributed by atoms with van der Waals surface area (Å²) in [5, 5.41) is 0. The van der Waals surface area contributed by atoms with Crippen molar-refractivity contribution < 1.29 is 4.79 Å². The van der Waals surface area contributed by atoms with Crippen LogP contribution in [0.4, 0.5) is 0 Å². The molecular weight excluding hydrogens is 292 g/mol. The van der Waals surface area contributed by atoms with Gasteiger partial charge in [-0.05, 0) is 39.9 Å². The highest BCUT2D eigenvalue weighted by atomic mass is 79.9. The molecule has 0 saturated heterocycles. The number of pyridine rings is 1. The molecule has 0 saturated carbocycles. The van der Waals surface area contributed by atoms with Crippen LogP contribution in [-0.2, 0) is 0 Å². The summed E-state index contributed by atoms with van der Waals surface area (Å²) in [7, 11) is 0. The lowest BCUT2D eigenvalue weighted by molar-refractivity contribution is 0.0709. The zero-order chi connectivity index (χ0) is 13.7. The van der Waals surface area contributed by atoms with Crippen molar-refractivity contribution in [2.24, 2.45) is 11.8 Å². The lowest BCUT2D eigenvalue weighted by atomic mass is 10.1. The molecule has 100 valence electrons. The molecule has 4 heteroatoms. The maximum absolute atomic E-state index is 12.4. The SMILES string of the molecule is CC(C)CN(CC(C)C)C(=O)c1cccc(Br)n1. The van der Waals surface area contributed by atoms with E-state index in [1.54, 1.807) is 6.07 Å². The van der Waals surface area contributed by atoms with Crippen molar-refractivity contribution >= 4 is 21.8 Å². The van der Waals surface area contributed by atoms with Gasteiger partial charge in [0.15, 0.2) is 0 Å². The molecule has 3 nitrogen and oxygen atoms in total. The van der Waals surface area contributed by atoms with Crippen molar-refractivity contribution in [1.82, 2.24) is 9.88 Å². The molecule has 0 unspecified atom stereocenters. The Bertz CT molecular complexity index is 395. The van der Waals surface area contributed by atoms with Crippen molar-refractivity contribution in [1.29, 1.82) is 0 Å². The monoisotopic (exact) mass is 312 g/mol. The van der Waals surface area contributed by atoms with Gasteiger partial charge in [0.05, 0.1) is 0 Å². The number of rotatable bonds is 5. The number of halogens is 1. The second-order valence-electron chi connectivity index (χ2n) is 5.34. The van der Waals surface area contributed by atoms with Crippen LogP contribution in [0.5, 0.6) is 0 Å². The molecule has 1 aromatic rings. The fourth-order valence-electron chi connectivity index (χ4n) is 1.81. The molecule has 1 rings (SSSR count). The molecule has 0 spiro atoms. The summed E-state index contributed by atoms with van der Waals surface area (Å²) >= 11 is 3.30. The van der Waals surface area contributed by atoms with Crippen molar-refractivity contribution in [2.45, 2.75) is 27.7 Å². The summed E-state index contributed by atoms with van der Waals surface area (Å²) in [4.78, 5) is 18.5. The quantitative estimate of drug-likeness (QED) is 0.778. The van der Waals surface area contributed by atoms with Gasteiger partial charge in [0.2, 0.25) is 0 Å². The molecule has 0 aliphatic rings. The van der Waals surface area contributed by atoms with Crippen molar-refractivity contribution in [2.75, 3.05) is 13.1 Å². The molecule has 18 heavy (non-hydrogen) atoms. The van der Waals surface area contributed by atoms with Crippen LogP contribution in [0.15, 0.2) is 22.8 Å². The van der Waals surface area contributed by atoms with Gasteiger partial charge in [-0.15, -0.1) is 0 Å². The molecule has 0 aliphatic carbocycles. The molecule has 1 heterocycles. The van der Waals surface area contributed by atoms with Gasteiger partial charge in [-0.3, -0.25) is 4.79 Å². The van der Waals surface area contributed by atoms with Gasteiger partial charge >= 0.3 is 0 Å². The van der Waals surface area contributed by atoms with E-state index in [0.717, 1.165) is 13.1 Å².